The molecule has 1 atom stereocenters. The molecule has 1 unspecified atom stereocenters. The molecule has 0 aliphatic carbocycles. The Hall–Kier alpha value is -3.76. The molecular formula is C21H17F3N4O4. The summed E-state index contributed by atoms with van der Waals surface area (Å²) in [5.74, 6) is -1.97. The maximum atomic E-state index is 12.8. The van der Waals surface area contributed by atoms with E-state index in [1.54, 1.807) is 18.2 Å². The first-order valence-corrected chi connectivity index (χ1v) is 9.70. The molecule has 1 saturated heterocycles. The molecule has 0 radical (unpaired) electrons. The molecule has 1 aromatic heterocycles. The molecule has 8 nitrogen and oxygen atoms in total. The minimum atomic E-state index is -4.61. The quantitative estimate of drug-likeness (QED) is 0.697. The molecule has 1 fully saturated rings. The van der Waals surface area contributed by atoms with Crippen LogP contribution in [0, 0.1) is 0 Å². The van der Waals surface area contributed by atoms with E-state index in [0.29, 0.717) is 29.0 Å². The van der Waals surface area contributed by atoms with E-state index in [-0.39, 0.29) is 43.3 Å². The zero-order valence-corrected chi connectivity index (χ0v) is 16.5. The van der Waals surface area contributed by atoms with Crippen LogP contribution in [-0.2, 0) is 28.9 Å². The summed E-state index contributed by atoms with van der Waals surface area (Å²) >= 11 is 0. The van der Waals surface area contributed by atoms with E-state index in [2.05, 4.69) is 15.6 Å². The number of hydrogen-bond acceptors (Lipinski definition) is 5. The first-order valence-electron chi connectivity index (χ1n) is 9.70. The van der Waals surface area contributed by atoms with Crippen LogP contribution in [0.4, 0.5) is 13.2 Å². The van der Waals surface area contributed by atoms with Crippen LogP contribution in [0.2, 0.25) is 0 Å². The Labute approximate surface area is 179 Å². The first-order chi connectivity index (χ1) is 15.1. The average molecular weight is 446 g/mol. The van der Waals surface area contributed by atoms with Crippen LogP contribution in [0.25, 0.3) is 0 Å². The van der Waals surface area contributed by atoms with Gasteiger partial charge in [-0.05, 0) is 29.7 Å². The van der Waals surface area contributed by atoms with Crippen molar-refractivity contribution in [1.82, 2.24) is 20.5 Å². The van der Waals surface area contributed by atoms with Crippen molar-refractivity contribution >= 4 is 23.6 Å². The summed E-state index contributed by atoms with van der Waals surface area (Å²) in [6.45, 7) is 0.205. The molecule has 1 aromatic carbocycles. The number of halogens is 3. The number of alkyl halides is 3. The van der Waals surface area contributed by atoms with Gasteiger partial charge >= 0.3 is 6.18 Å². The van der Waals surface area contributed by atoms with Gasteiger partial charge in [-0.1, -0.05) is 12.1 Å². The van der Waals surface area contributed by atoms with E-state index in [4.69, 9.17) is 0 Å². The lowest BCUT2D eigenvalue weighted by Gasteiger charge is -2.29. The van der Waals surface area contributed by atoms with Crippen molar-refractivity contribution in [1.29, 1.82) is 0 Å². The van der Waals surface area contributed by atoms with Gasteiger partial charge in [-0.15, -0.1) is 0 Å². The van der Waals surface area contributed by atoms with Gasteiger partial charge in [0.2, 0.25) is 11.8 Å². The van der Waals surface area contributed by atoms with E-state index >= 15 is 0 Å². The minimum absolute atomic E-state index is 0.0198. The Balaban J connectivity index is 1.44. The molecule has 2 aliphatic rings. The number of aromatic nitrogens is 1. The molecule has 2 N–H and O–H groups in total. The Morgan fingerprint density at radius 3 is 2.69 bits per heavy atom. The van der Waals surface area contributed by atoms with Crippen molar-refractivity contribution in [3.8, 4) is 0 Å². The largest absolute Gasteiger partial charge is 0.417 e. The van der Waals surface area contributed by atoms with E-state index in [1.165, 1.54) is 4.90 Å². The van der Waals surface area contributed by atoms with Gasteiger partial charge in [-0.3, -0.25) is 29.5 Å². The Kier molecular flexibility index (Phi) is 5.41. The summed E-state index contributed by atoms with van der Waals surface area (Å²) < 4.78 is 38.4. The molecule has 3 heterocycles. The van der Waals surface area contributed by atoms with Gasteiger partial charge in [0.05, 0.1) is 11.1 Å². The number of imide groups is 1. The van der Waals surface area contributed by atoms with Crippen LogP contribution in [0.3, 0.4) is 0 Å². The van der Waals surface area contributed by atoms with Gasteiger partial charge < -0.3 is 10.2 Å². The Morgan fingerprint density at radius 1 is 1.19 bits per heavy atom. The smallest absolute Gasteiger partial charge is 0.348 e. The standard InChI is InChI=1S/C21H17F3N4O4/c22-21(23,24)14-6-13(8-25-9-14)18(30)26-7-11-1-2-12-10-28(20(32)15(12)5-11)16-3-4-17(29)27-19(16)31/h1-2,5-6,8-9,16H,3-4,7,10H2,(H,26,30)(H,27,29,31). The number of rotatable bonds is 4. The van der Waals surface area contributed by atoms with Gasteiger partial charge in [-0.2, -0.15) is 13.2 Å². The second-order valence-electron chi connectivity index (χ2n) is 7.53. The highest BCUT2D eigenvalue weighted by Crippen LogP contribution is 2.29. The lowest BCUT2D eigenvalue weighted by molar-refractivity contribution is -0.138. The molecule has 166 valence electrons. The van der Waals surface area contributed by atoms with Gasteiger partial charge in [0.1, 0.15) is 6.04 Å². The van der Waals surface area contributed by atoms with Crippen LogP contribution in [0.1, 0.15) is 50.2 Å². The van der Waals surface area contributed by atoms with Crippen molar-refractivity contribution < 1.29 is 32.3 Å². The first kappa shape index (κ1) is 21.5. The Bertz CT molecular complexity index is 1130. The van der Waals surface area contributed by atoms with Crippen LogP contribution < -0.4 is 10.6 Å². The molecule has 2 aromatic rings. The van der Waals surface area contributed by atoms with Gasteiger partial charge in [0.15, 0.2) is 0 Å². The number of carbonyl (C=O) groups excluding carboxylic acids is 4. The summed E-state index contributed by atoms with van der Waals surface area (Å²) in [7, 11) is 0. The van der Waals surface area contributed by atoms with Crippen LogP contribution in [0.15, 0.2) is 36.7 Å². The van der Waals surface area contributed by atoms with Crippen molar-refractivity contribution in [3.05, 3.63) is 64.5 Å². The van der Waals surface area contributed by atoms with Crippen molar-refractivity contribution in [2.75, 3.05) is 0 Å². The lowest BCUT2D eigenvalue weighted by atomic mass is 10.0. The number of fused-ring (bicyclic) bond motifs is 1. The zero-order chi connectivity index (χ0) is 23.0. The second-order valence-corrected chi connectivity index (χ2v) is 7.53. The molecule has 11 heteroatoms. The maximum Gasteiger partial charge on any atom is 0.417 e. The molecule has 0 bridgehead atoms. The number of pyridine rings is 1. The molecule has 4 rings (SSSR count). The molecule has 0 saturated carbocycles. The van der Waals surface area contributed by atoms with Crippen molar-refractivity contribution in [2.24, 2.45) is 0 Å². The fourth-order valence-electron chi connectivity index (χ4n) is 3.72. The fourth-order valence-corrected chi connectivity index (χ4v) is 3.72. The third-order valence-electron chi connectivity index (χ3n) is 5.37. The predicted octanol–water partition coefficient (Wildman–Crippen LogP) is 1.79. The van der Waals surface area contributed by atoms with Crippen LogP contribution in [-0.4, -0.2) is 39.6 Å². The average Bonchev–Trinajstić information content (AvgIpc) is 3.07. The van der Waals surface area contributed by atoms with Gasteiger partial charge in [0, 0.05) is 37.5 Å². The van der Waals surface area contributed by atoms with E-state index < -0.39 is 29.6 Å². The highest BCUT2D eigenvalue weighted by Gasteiger charge is 2.39. The van der Waals surface area contributed by atoms with E-state index in [9.17, 15) is 32.3 Å². The third kappa shape index (κ3) is 4.18. The summed E-state index contributed by atoms with van der Waals surface area (Å²) in [6.07, 6.45) is -2.54. The highest BCUT2D eigenvalue weighted by molar-refractivity contribution is 6.05. The zero-order valence-electron chi connectivity index (χ0n) is 16.5. The van der Waals surface area contributed by atoms with Gasteiger partial charge in [0.25, 0.3) is 11.8 Å². The minimum Gasteiger partial charge on any atom is -0.348 e. The molecule has 4 amide bonds. The highest BCUT2D eigenvalue weighted by atomic mass is 19.4. The number of nitrogens with one attached hydrogen (secondary N) is 2. The van der Waals surface area contributed by atoms with Crippen molar-refractivity contribution in [3.63, 3.8) is 0 Å². The van der Waals surface area contributed by atoms with Crippen LogP contribution >= 0.6 is 0 Å². The van der Waals surface area contributed by atoms with Gasteiger partial charge in [-0.25, -0.2) is 0 Å². The van der Waals surface area contributed by atoms with E-state index in [0.717, 1.165) is 6.20 Å². The number of amides is 4. The number of benzene rings is 1. The maximum absolute atomic E-state index is 12.8. The normalized spacial score (nSPS) is 18.4. The number of nitrogens with zero attached hydrogens (tertiary/aromatic N) is 2. The van der Waals surface area contributed by atoms with Crippen molar-refractivity contribution in [2.45, 2.75) is 38.1 Å². The summed E-state index contributed by atoms with van der Waals surface area (Å²) in [6, 6.07) is 4.95. The molecular weight excluding hydrogens is 429 g/mol. The second kappa shape index (κ2) is 8.06. The molecule has 2 aliphatic heterocycles. The monoisotopic (exact) mass is 446 g/mol. The summed E-state index contributed by atoms with van der Waals surface area (Å²) in [4.78, 5) is 53.4. The molecule has 32 heavy (non-hydrogen) atoms. The van der Waals surface area contributed by atoms with Crippen LogP contribution in [0.5, 0.6) is 0 Å². The predicted molar refractivity (Wildman–Crippen MR) is 103 cm³/mol. The summed E-state index contributed by atoms with van der Waals surface area (Å²) in [5, 5.41) is 4.75. The topological polar surface area (TPSA) is 108 Å². The number of carbonyl (C=O) groups is 4. The van der Waals surface area contributed by atoms with E-state index in [1.807, 2.05) is 0 Å². The lowest BCUT2D eigenvalue weighted by Crippen LogP contribution is -2.52. The number of piperidine rings is 1. The summed E-state index contributed by atoms with van der Waals surface area (Å²) in [5.41, 5.74) is 0.387. The third-order valence-corrected chi connectivity index (χ3v) is 5.37. The number of hydrogen-bond donors (Lipinski definition) is 2. The molecule has 0 spiro atoms. The Morgan fingerprint density at radius 2 is 1.97 bits per heavy atom. The fraction of sp³-hybridized carbons (Fsp3) is 0.286. The SMILES string of the molecule is O=C1CCC(N2Cc3ccc(CNC(=O)c4cncc(C(F)(F)F)c4)cc3C2=O)C(=O)N1.